The van der Waals surface area contributed by atoms with Crippen LogP contribution in [0.3, 0.4) is 0 Å². The second kappa shape index (κ2) is 8.50. The van der Waals surface area contributed by atoms with Crippen molar-refractivity contribution in [2.75, 3.05) is 7.11 Å². The number of rotatable bonds is 6. The number of halogens is 2. The lowest BCUT2D eigenvalue weighted by Gasteiger charge is -2.09. The van der Waals surface area contributed by atoms with E-state index in [0.717, 1.165) is 17.0 Å². The first-order valence-corrected chi connectivity index (χ1v) is 8.37. The Kier molecular flexibility index (Phi) is 5.87. The molecule has 3 aromatic rings. The summed E-state index contributed by atoms with van der Waals surface area (Å²) in [5.74, 6) is 0.978. The van der Waals surface area contributed by atoms with E-state index in [-0.39, 0.29) is 12.4 Å². The molecule has 0 atom stereocenters. The van der Waals surface area contributed by atoms with E-state index in [0.29, 0.717) is 16.3 Å². The number of aliphatic imine (C=N–C) groups is 1. The van der Waals surface area contributed by atoms with Crippen molar-refractivity contribution in [1.29, 1.82) is 0 Å². The summed E-state index contributed by atoms with van der Waals surface area (Å²) in [5, 5.41) is 0.444. The van der Waals surface area contributed by atoms with Gasteiger partial charge in [0.05, 0.1) is 17.8 Å². The Hall–Kier alpha value is -2.85. The number of ether oxygens (including phenoxy) is 2. The van der Waals surface area contributed by atoms with Crippen LogP contribution in [0.5, 0.6) is 11.5 Å². The molecule has 3 rings (SSSR count). The average molecular weight is 370 g/mol. The molecule has 0 saturated carbocycles. The summed E-state index contributed by atoms with van der Waals surface area (Å²) in [6.07, 6.45) is 1.72. The number of methoxy groups -OCH3 is 1. The van der Waals surface area contributed by atoms with Crippen LogP contribution in [0, 0.1) is 5.82 Å². The predicted octanol–water partition coefficient (Wildman–Crippen LogP) is 5.82. The second-order valence-corrected chi connectivity index (χ2v) is 5.93. The normalized spacial score (nSPS) is 10.9. The van der Waals surface area contributed by atoms with Crippen LogP contribution in [0.15, 0.2) is 71.7 Å². The molecule has 0 aromatic heterocycles. The van der Waals surface area contributed by atoms with Gasteiger partial charge in [-0.1, -0.05) is 29.8 Å². The van der Waals surface area contributed by atoms with Gasteiger partial charge < -0.3 is 9.47 Å². The Balaban J connectivity index is 1.66. The Bertz CT molecular complexity index is 910. The zero-order valence-corrected chi connectivity index (χ0v) is 14.9. The molecule has 0 aliphatic heterocycles. The maximum Gasteiger partial charge on any atom is 0.138 e. The third kappa shape index (κ3) is 4.61. The van der Waals surface area contributed by atoms with Gasteiger partial charge in [-0.05, 0) is 54.1 Å². The third-order valence-electron chi connectivity index (χ3n) is 3.73. The van der Waals surface area contributed by atoms with E-state index in [1.807, 2.05) is 30.3 Å². The van der Waals surface area contributed by atoms with Gasteiger partial charge >= 0.3 is 0 Å². The molecule has 0 spiro atoms. The van der Waals surface area contributed by atoms with Crippen LogP contribution in [0.2, 0.25) is 5.02 Å². The van der Waals surface area contributed by atoms with Gasteiger partial charge in [-0.15, -0.1) is 0 Å². The summed E-state index contributed by atoms with van der Waals surface area (Å²) in [7, 11) is 1.62. The van der Waals surface area contributed by atoms with Gasteiger partial charge in [0.15, 0.2) is 0 Å². The van der Waals surface area contributed by atoms with E-state index in [9.17, 15) is 4.39 Å². The highest BCUT2D eigenvalue weighted by Gasteiger charge is 2.05. The molecule has 5 heteroatoms. The molecule has 0 aliphatic carbocycles. The summed E-state index contributed by atoms with van der Waals surface area (Å²) in [6, 6.07) is 19.3. The van der Waals surface area contributed by atoms with Crippen molar-refractivity contribution in [3.63, 3.8) is 0 Å². The van der Waals surface area contributed by atoms with Crippen molar-refractivity contribution < 1.29 is 13.9 Å². The van der Waals surface area contributed by atoms with E-state index in [4.69, 9.17) is 21.1 Å². The number of hydrogen-bond acceptors (Lipinski definition) is 3. The van der Waals surface area contributed by atoms with Gasteiger partial charge in [-0.25, -0.2) is 4.39 Å². The molecule has 132 valence electrons. The van der Waals surface area contributed by atoms with Gasteiger partial charge in [0, 0.05) is 11.8 Å². The van der Waals surface area contributed by atoms with Crippen LogP contribution >= 0.6 is 11.6 Å². The molecular weight excluding hydrogens is 353 g/mol. The number of nitrogens with zero attached hydrogens (tertiary/aromatic N) is 1. The molecule has 0 N–H and O–H groups in total. The summed E-state index contributed by atoms with van der Waals surface area (Å²) >= 11 is 6.26. The second-order valence-electron chi connectivity index (χ2n) is 5.53. The fraction of sp³-hybridized carbons (Fsp3) is 0.0952. The zero-order chi connectivity index (χ0) is 18.4. The molecule has 3 aromatic carbocycles. The Morgan fingerprint density at radius 1 is 1.04 bits per heavy atom. The fourth-order valence-corrected chi connectivity index (χ4v) is 2.55. The van der Waals surface area contributed by atoms with E-state index in [1.165, 1.54) is 6.07 Å². The molecule has 26 heavy (non-hydrogen) atoms. The first kappa shape index (κ1) is 18.0. The Morgan fingerprint density at radius 3 is 2.50 bits per heavy atom. The van der Waals surface area contributed by atoms with Crippen LogP contribution in [0.25, 0.3) is 0 Å². The topological polar surface area (TPSA) is 30.8 Å². The average Bonchev–Trinajstić information content (AvgIpc) is 2.67. The zero-order valence-electron chi connectivity index (χ0n) is 14.2. The summed E-state index contributed by atoms with van der Waals surface area (Å²) in [4.78, 5) is 4.40. The largest absolute Gasteiger partial charge is 0.497 e. The minimum Gasteiger partial charge on any atom is -0.497 e. The first-order valence-electron chi connectivity index (χ1n) is 7.99. The van der Waals surface area contributed by atoms with Crippen LogP contribution < -0.4 is 9.47 Å². The minimum absolute atomic E-state index is 0.117. The van der Waals surface area contributed by atoms with E-state index in [1.54, 1.807) is 43.7 Å². The van der Waals surface area contributed by atoms with Crippen molar-refractivity contribution >= 4 is 23.5 Å². The quantitative estimate of drug-likeness (QED) is 0.513. The molecule has 0 aliphatic rings. The molecule has 0 bridgehead atoms. The van der Waals surface area contributed by atoms with E-state index < -0.39 is 0 Å². The standard InChI is InChI=1S/C21H17ClFNO2/c1-25-18-9-7-17(8-10-18)24-13-15-6-11-21(19(22)12-15)26-14-16-4-2-3-5-20(16)23/h2-13H,14H2,1H3. The molecule has 0 amide bonds. The van der Waals surface area contributed by atoms with Crippen LogP contribution in [-0.4, -0.2) is 13.3 Å². The number of hydrogen-bond donors (Lipinski definition) is 0. The lowest BCUT2D eigenvalue weighted by Crippen LogP contribution is -1.99. The van der Waals surface area contributed by atoms with Crippen molar-refractivity contribution in [3.8, 4) is 11.5 Å². The lowest BCUT2D eigenvalue weighted by molar-refractivity contribution is 0.300. The Labute approximate surface area is 156 Å². The predicted molar refractivity (Wildman–Crippen MR) is 102 cm³/mol. The van der Waals surface area contributed by atoms with Gasteiger partial charge in [0.1, 0.15) is 23.9 Å². The van der Waals surface area contributed by atoms with Gasteiger partial charge in [-0.3, -0.25) is 4.99 Å². The molecule has 0 saturated heterocycles. The first-order chi connectivity index (χ1) is 12.7. The summed E-state index contributed by atoms with van der Waals surface area (Å²) < 4.78 is 24.4. The lowest BCUT2D eigenvalue weighted by atomic mass is 10.2. The number of benzene rings is 3. The molecule has 0 heterocycles. The van der Waals surface area contributed by atoms with Crippen molar-refractivity contribution in [2.24, 2.45) is 4.99 Å². The monoisotopic (exact) mass is 369 g/mol. The minimum atomic E-state index is -0.299. The highest BCUT2D eigenvalue weighted by molar-refractivity contribution is 6.32. The highest BCUT2D eigenvalue weighted by atomic mass is 35.5. The summed E-state index contributed by atoms with van der Waals surface area (Å²) in [5.41, 5.74) is 2.12. The Morgan fingerprint density at radius 2 is 1.81 bits per heavy atom. The summed E-state index contributed by atoms with van der Waals surface area (Å²) in [6.45, 7) is 0.117. The van der Waals surface area contributed by atoms with Crippen molar-refractivity contribution in [1.82, 2.24) is 0 Å². The maximum absolute atomic E-state index is 13.6. The highest BCUT2D eigenvalue weighted by Crippen LogP contribution is 2.26. The van der Waals surface area contributed by atoms with Crippen LogP contribution in [0.4, 0.5) is 10.1 Å². The third-order valence-corrected chi connectivity index (χ3v) is 4.03. The van der Waals surface area contributed by atoms with Crippen molar-refractivity contribution in [3.05, 3.63) is 88.7 Å². The fourth-order valence-electron chi connectivity index (χ4n) is 2.30. The molecule has 3 nitrogen and oxygen atoms in total. The maximum atomic E-state index is 13.6. The SMILES string of the molecule is COc1ccc(N=Cc2ccc(OCc3ccccc3F)c(Cl)c2)cc1. The molecule has 0 unspecified atom stereocenters. The smallest absolute Gasteiger partial charge is 0.138 e. The molecular formula is C21H17ClFNO2. The van der Waals surface area contributed by atoms with Gasteiger partial charge in [-0.2, -0.15) is 0 Å². The van der Waals surface area contributed by atoms with Crippen LogP contribution in [0.1, 0.15) is 11.1 Å². The van der Waals surface area contributed by atoms with Gasteiger partial charge in [0.2, 0.25) is 0 Å². The van der Waals surface area contributed by atoms with Gasteiger partial charge in [0.25, 0.3) is 0 Å². The van der Waals surface area contributed by atoms with E-state index in [2.05, 4.69) is 4.99 Å². The molecule has 0 fully saturated rings. The molecule has 0 radical (unpaired) electrons. The van der Waals surface area contributed by atoms with E-state index >= 15 is 0 Å². The van der Waals surface area contributed by atoms with Crippen LogP contribution in [-0.2, 0) is 6.61 Å². The van der Waals surface area contributed by atoms with Crippen molar-refractivity contribution in [2.45, 2.75) is 6.61 Å².